The molecular weight excluding hydrogens is 280 g/mol. The van der Waals surface area contributed by atoms with Gasteiger partial charge in [-0.25, -0.2) is 4.72 Å². The Morgan fingerprint density at radius 3 is 2.27 bits per heavy atom. The zero-order chi connectivity index (χ0) is 12.1. The van der Waals surface area contributed by atoms with Crippen molar-refractivity contribution in [2.45, 2.75) is 33.2 Å². The molecule has 4 nitrogen and oxygen atoms in total. The molecule has 0 bridgehead atoms. The van der Waals surface area contributed by atoms with E-state index in [1.165, 1.54) is 4.31 Å². The lowest BCUT2D eigenvalue weighted by molar-refractivity contribution is 0.397. The summed E-state index contributed by atoms with van der Waals surface area (Å²) in [6, 6.07) is -0.0195. The molecule has 0 amide bonds. The number of alkyl halides is 1. The molecular formula is C9H21BrN2O2S. The Labute approximate surface area is 102 Å². The predicted octanol–water partition coefficient (Wildman–Crippen LogP) is 1.58. The zero-order valence-electron chi connectivity index (χ0n) is 9.83. The van der Waals surface area contributed by atoms with Crippen LogP contribution in [0.2, 0.25) is 0 Å². The van der Waals surface area contributed by atoms with Crippen molar-refractivity contribution in [3.05, 3.63) is 0 Å². The SMILES string of the molecule is CC(CCBr)CNS(=O)(=O)N(C)C(C)C. The molecule has 0 aromatic carbocycles. The summed E-state index contributed by atoms with van der Waals surface area (Å²) in [7, 11) is -1.72. The fraction of sp³-hybridized carbons (Fsp3) is 1.00. The minimum Gasteiger partial charge on any atom is -0.202 e. The highest BCUT2D eigenvalue weighted by Crippen LogP contribution is 2.05. The minimum atomic E-state index is -3.30. The number of halogens is 1. The van der Waals surface area contributed by atoms with Gasteiger partial charge in [-0.2, -0.15) is 12.7 Å². The smallest absolute Gasteiger partial charge is 0.202 e. The first-order chi connectivity index (χ1) is 6.81. The van der Waals surface area contributed by atoms with Crippen molar-refractivity contribution in [3.63, 3.8) is 0 Å². The van der Waals surface area contributed by atoms with Gasteiger partial charge in [-0.1, -0.05) is 22.9 Å². The van der Waals surface area contributed by atoms with Gasteiger partial charge in [0, 0.05) is 25.0 Å². The second-order valence-corrected chi connectivity index (χ2v) is 6.65. The van der Waals surface area contributed by atoms with Gasteiger partial charge in [0.2, 0.25) is 0 Å². The summed E-state index contributed by atoms with van der Waals surface area (Å²) in [5.41, 5.74) is 0. The van der Waals surface area contributed by atoms with Crippen LogP contribution in [0.1, 0.15) is 27.2 Å². The van der Waals surface area contributed by atoms with Gasteiger partial charge in [-0.05, 0) is 26.2 Å². The zero-order valence-corrected chi connectivity index (χ0v) is 12.2. The third-order valence-electron chi connectivity index (χ3n) is 2.32. The van der Waals surface area contributed by atoms with Crippen molar-refractivity contribution in [2.75, 3.05) is 18.9 Å². The molecule has 0 heterocycles. The molecule has 0 spiro atoms. The maximum atomic E-state index is 11.7. The van der Waals surface area contributed by atoms with Crippen molar-refractivity contribution in [2.24, 2.45) is 5.92 Å². The monoisotopic (exact) mass is 300 g/mol. The lowest BCUT2D eigenvalue weighted by Gasteiger charge is -2.22. The van der Waals surface area contributed by atoms with Crippen molar-refractivity contribution >= 4 is 26.1 Å². The van der Waals surface area contributed by atoms with E-state index < -0.39 is 10.2 Å². The highest BCUT2D eigenvalue weighted by atomic mass is 79.9. The maximum absolute atomic E-state index is 11.7. The Balaban J connectivity index is 4.16. The Morgan fingerprint density at radius 1 is 1.33 bits per heavy atom. The fourth-order valence-corrected chi connectivity index (χ4v) is 2.95. The maximum Gasteiger partial charge on any atom is 0.279 e. The summed E-state index contributed by atoms with van der Waals surface area (Å²) >= 11 is 3.33. The van der Waals surface area contributed by atoms with E-state index in [9.17, 15) is 8.42 Å². The summed E-state index contributed by atoms with van der Waals surface area (Å²) in [5.74, 6) is 0.347. The van der Waals surface area contributed by atoms with Crippen LogP contribution in [0.3, 0.4) is 0 Å². The fourth-order valence-electron chi connectivity index (χ4n) is 0.915. The average Bonchev–Trinajstić information content (AvgIpc) is 2.14. The number of hydrogen-bond acceptors (Lipinski definition) is 2. The molecule has 0 fully saturated rings. The van der Waals surface area contributed by atoms with Crippen LogP contribution in [0.5, 0.6) is 0 Å². The average molecular weight is 301 g/mol. The molecule has 15 heavy (non-hydrogen) atoms. The standard InChI is InChI=1S/C9H21BrN2O2S/c1-8(2)12(4)15(13,14)11-7-9(3)5-6-10/h8-9,11H,5-7H2,1-4H3. The summed E-state index contributed by atoms with van der Waals surface area (Å²) < 4.78 is 27.3. The first kappa shape index (κ1) is 15.3. The van der Waals surface area contributed by atoms with Crippen LogP contribution < -0.4 is 4.72 Å². The third-order valence-corrected chi connectivity index (χ3v) is 4.49. The Hall–Kier alpha value is 0.350. The van der Waals surface area contributed by atoms with E-state index in [1.807, 2.05) is 20.8 Å². The molecule has 0 aromatic rings. The van der Waals surface area contributed by atoms with E-state index in [0.717, 1.165) is 11.8 Å². The van der Waals surface area contributed by atoms with Gasteiger partial charge in [0.15, 0.2) is 0 Å². The van der Waals surface area contributed by atoms with Crippen LogP contribution in [0, 0.1) is 5.92 Å². The number of rotatable bonds is 7. The number of nitrogens with zero attached hydrogens (tertiary/aromatic N) is 1. The first-order valence-corrected chi connectivity index (χ1v) is 7.66. The molecule has 1 atom stereocenters. The summed E-state index contributed by atoms with van der Waals surface area (Å²) in [5, 5.41) is 0.899. The Kier molecular flexibility index (Phi) is 6.99. The highest BCUT2D eigenvalue weighted by molar-refractivity contribution is 9.09. The summed E-state index contributed by atoms with van der Waals surface area (Å²) in [4.78, 5) is 0. The Morgan fingerprint density at radius 2 is 1.87 bits per heavy atom. The molecule has 0 aliphatic carbocycles. The van der Waals surface area contributed by atoms with Gasteiger partial charge in [0.25, 0.3) is 10.2 Å². The van der Waals surface area contributed by atoms with Crippen molar-refractivity contribution in [3.8, 4) is 0 Å². The second kappa shape index (κ2) is 6.83. The van der Waals surface area contributed by atoms with Crippen molar-refractivity contribution in [1.82, 2.24) is 9.03 Å². The molecule has 1 N–H and O–H groups in total. The van der Waals surface area contributed by atoms with Crippen molar-refractivity contribution in [1.29, 1.82) is 0 Å². The second-order valence-electron chi connectivity index (χ2n) is 4.05. The van der Waals surface area contributed by atoms with Gasteiger partial charge in [0.05, 0.1) is 0 Å². The summed E-state index contributed by atoms with van der Waals surface area (Å²) in [6.45, 7) is 6.21. The Bertz CT molecular complexity index is 267. The van der Waals surface area contributed by atoms with Crippen LogP contribution in [0.15, 0.2) is 0 Å². The third kappa shape index (κ3) is 5.85. The lowest BCUT2D eigenvalue weighted by Crippen LogP contribution is -2.43. The van der Waals surface area contributed by atoms with Gasteiger partial charge < -0.3 is 0 Å². The molecule has 6 heteroatoms. The first-order valence-electron chi connectivity index (χ1n) is 5.09. The van der Waals surface area contributed by atoms with Gasteiger partial charge in [-0.15, -0.1) is 0 Å². The van der Waals surface area contributed by atoms with Crippen LogP contribution >= 0.6 is 15.9 Å². The van der Waals surface area contributed by atoms with E-state index in [2.05, 4.69) is 20.7 Å². The van der Waals surface area contributed by atoms with Crippen LogP contribution in [-0.2, 0) is 10.2 Å². The largest absolute Gasteiger partial charge is 0.279 e. The number of hydrogen-bond donors (Lipinski definition) is 1. The van der Waals surface area contributed by atoms with Crippen LogP contribution in [0.25, 0.3) is 0 Å². The number of nitrogens with one attached hydrogen (secondary N) is 1. The van der Waals surface area contributed by atoms with E-state index >= 15 is 0 Å². The van der Waals surface area contributed by atoms with Crippen molar-refractivity contribution < 1.29 is 8.42 Å². The normalized spacial score (nSPS) is 14.9. The minimum absolute atomic E-state index is 0.0195. The predicted molar refractivity (Wildman–Crippen MR) is 67.4 cm³/mol. The summed E-state index contributed by atoms with van der Waals surface area (Å²) in [6.07, 6.45) is 0.966. The van der Waals surface area contributed by atoms with Crippen LogP contribution in [0.4, 0.5) is 0 Å². The van der Waals surface area contributed by atoms with Gasteiger partial charge >= 0.3 is 0 Å². The van der Waals surface area contributed by atoms with E-state index in [0.29, 0.717) is 12.5 Å². The van der Waals surface area contributed by atoms with Crippen LogP contribution in [-0.4, -0.2) is 37.7 Å². The molecule has 0 rings (SSSR count). The molecule has 0 aliphatic rings. The molecule has 0 radical (unpaired) electrons. The molecule has 1 unspecified atom stereocenters. The topological polar surface area (TPSA) is 49.4 Å². The molecule has 0 saturated heterocycles. The molecule has 0 aliphatic heterocycles. The molecule has 92 valence electrons. The van der Waals surface area contributed by atoms with E-state index in [-0.39, 0.29) is 6.04 Å². The molecule has 0 saturated carbocycles. The van der Waals surface area contributed by atoms with Gasteiger partial charge in [0.1, 0.15) is 0 Å². The lowest BCUT2D eigenvalue weighted by atomic mass is 10.1. The van der Waals surface area contributed by atoms with Gasteiger partial charge in [-0.3, -0.25) is 0 Å². The highest BCUT2D eigenvalue weighted by Gasteiger charge is 2.20. The van der Waals surface area contributed by atoms with E-state index in [1.54, 1.807) is 7.05 Å². The quantitative estimate of drug-likeness (QED) is 0.726. The van der Waals surface area contributed by atoms with E-state index in [4.69, 9.17) is 0 Å². The molecule has 0 aromatic heterocycles.